The van der Waals surface area contributed by atoms with Gasteiger partial charge in [-0.2, -0.15) is 9.97 Å². The first-order valence-electron chi connectivity index (χ1n) is 19.5. The smallest absolute Gasteiger partial charge is 0.319 e. The summed E-state index contributed by atoms with van der Waals surface area (Å²) in [7, 11) is 1.40. The van der Waals surface area contributed by atoms with Crippen molar-refractivity contribution in [3.05, 3.63) is 42.0 Å². The zero-order valence-electron chi connectivity index (χ0n) is 32.3. The number of benzene rings is 2. The Labute approximate surface area is 320 Å². The molecule has 2 saturated heterocycles. The van der Waals surface area contributed by atoms with Gasteiger partial charge in [0.2, 0.25) is 11.8 Å². The molecular weight excluding hydrogens is 710 g/mol. The Bertz CT molecular complexity index is 2060. The average molecular weight is 763 g/mol. The average Bonchev–Trinajstić information content (AvgIpc) is 3.50. The molecule has 12 nitrogen and oxygen atoms in total. The van der Waals surface area contributed by atoms with Gasteiger partial charge in [-0.3, -0.25) is 9.69 Å². The highest BCUT2D eigenvalue weighted by atomic mass is 19.1. The molecule has 4 aliphatic rings. The second-order valence-electron chi connectivity index (χ2n) is 15.6. The van der Waals surface area contributed by atoms with Gasteiger partial charge in [-0.25, -0.2) is 13.8 Å². The normalized spacial score (nSPS) is 26.8. The van der Waals surface area contributed by atoms with Crippen molar-refractivity contribution in [1.82, 2.24) is 25.2 Å². The largest absolute Gasteiger partial charge is 0.508 e. The van der Waals surface area contributed by atoms with Gasteiger partial charge in [-0.05, 0) is 75.6 Å². The number of carbonyl (C=O) groups is 1. The lowest BCUT2D eigenvalue weighted by Gasteiger charge is -2.53. The van der Waals surface area contributed by atoms with E-state index < -0.39 is 17.2 Å². The van der Waals surface area contributed by atoms with E-state index in [-0.39, 0.29) is 88.1 Å². The van der Waals surface area contributed by atoms with Crippen molar-refractivity contribution in [3.63, 3.8) is 0 Å². The van der Waals surface area contributed by atoms with E-state index in [1.807, 2.05) is 13.8 Å². The predicted octanol–water partition coefficient (Wildman–Crippen LogP) is 6.13. The number of hydrogen-bond donors (Lipinski definition) is 3. The van der Waals surface area contributed by atoms with Crippen molar-refractivity contribution in [2.75, 3.05) is 51.5 Å². The number of carbonyl (C=O) groups excluding carboxylic acids is 1. The van der Waals surface area contributed by atoms with Crippen LogP contribution in [-0.4, -0.2) is 106 Å². The number of phenolic OH excluding ortho intramolecular Hbond substituents is 1. The summed E-state index contributed by atoms with van der Waals surface area (Å²) >= 11 is 0. The third-order valence-corrected chi connectivity index (χ3v) is 11.6. The number of β-amino-alcohol motifs (C(OH)–C–C–N with tert-alkyl or cyclic N) is 1. The van der Waals surface area contributed by atoms with Gasteiger partial charge in [-0.1, -0.05) is 32.4 Å². The lowest BCUT2D eigenvalue weighted by Crippen LogP contribution is -2.61. The summed E-state index contributed by atoms with van der Waals surface area (Å²) in [6.07, 6.45) is 6.96. The highest BCUT2D eigenvalue weighted by Gasteiger charge is 2.52. The SMILES string of the molecule is CC.COc1nc(-c2cc(O)cc3cccc(F)c23)c(F)c2nc(OCC34CCCC3N(C3CC(NC(C)=O)C3)CCC4)nc(N3CCOCC(C)(O)C3)c12. The summed E-state index contributed by atoms with van der Waals surface area (Å²) < 4.78 is 50.5. The zero-order valence-corrected chi connectivity index (χ0v) is 32.3. The first-order chi connectivity index (χ1) is 26.4. The number of anilines is 1. The molecule has 3 N–H and O–H groups in total. The Balaban J connectivity index is 0.00000229. The second kappa shape index (κ2) is 15.6. The van der Waals surface area contributed by atoms with Crippen LogP contribution in [0.15, 0.2) is 30.3 Å². The van der Waals surface area contributed by atoms with Gasteiger partial charge in [-0.15, -0.1) is 0 Å². The first-order valence-corrected chi connectivity index (χ1v) is 19.5. The Morgan fingerprint density at radius 2 is 1.87 bits per heavy atom. The van der Waals surface area contributed by atoms with Crippen LogP contribution < -0.4 is 19.7 Å². The van der Waals surface area contributed by atoms with Gasteiger partial charge < -0.3 is 34.6 Å². The first kappa shape index (κ1) is 38.9. The Morgan fingerprint density at radius 1 is 1.09 bits per heavy atom. The highest BCUT2D eigenvalue weighted by molar-refractivity contribution is 6.02. The number of rotatable bonds is 8. The van der Waals surface area contributed by atoms with E-state index in [4.69, 9.17) is 19.2 Å². The van der Waals surface area contributed by atoms with Crippen molar-refractivity contribution >= 4 is 33.4 Å². The summed E-state index contributed by atoms with van der Waals surface area (Å²) in [5.41, 5.74) is -1.75. The van der Waals surface area contributed by atoms with Gasteiger partial charge in [0.05, 0.1) is 33.5 Å². The van der Waals surface area contributed by atoms with E-state index in [0.29, 0.717) is 30.6 Å². The molecule has 55 heavy (non-hydrogen) atoms. The third-order valence-electron chi connectivity index (χ3n) is 11.6. The third kappa shape index (κ3) is 7.48. The van der Waals surface area contributed by atoms with Gasteiger partial charge in [0, 0.05) is 48.0 Å². The van der Waals surface area contributed by atoms with E-state index in [0.717, 1.165) is 51.5 Å². The van der Waals surface area contributed by atoms with Crippen LogP contribution in [0, 0.1) is 17.0 Å². The van der Waals surface area contributed by atoms with Crippen LogP contribution in [0.25, 0.3) is 32.9 Å². The molecule has 14 heteroatoms. The lowest BCUT2D eigenvalue weighted by molar-refractivity contribution is -0.121. The van der Waals surface area contributed by atoms with Gasteiger partial charge in [0.15, 0.2) is 5.82 Å². The molecule has 2 aliphatic carbocycles. The number of aliphatic hydroxyl groups is 1. The molecule has 2 saturated carbocycles. The quantitative estimate of drug-likeness (QED) is 0.191. The summed E-state index contributed by atoms with van der Waals surface area (Å²) in [6, 6.07) is 7.99. The number of pyridine rings is 1. The van der Waals surface area contributed by atoms with E-state index in [9.17, 15) is 15.0 Å². The molecule has 0 bridgehead atoms. The fraction of sp³-hybridized carbons (Fsp3) is 0.561. The Kier molecular flexibility index (Phi) is 11.0. The highest BCUT2D eigenvalue weighted by Crippen LogP contribution is 2.50. The van der Waals surface area contributed by atoms with Crippen LogP contribution in [-0.2, 0) is 9.53 Å². The number of fused-ring (bicyclic) bond motifs is 3. The molecule has 2 aromatic heterocycles. The number of aromatic hydroxyl groups is 1. The molecular formula is C41H52F2N6O6. The molecule has 3 unspecified atom stereocenters. The molecule has 296 valence electrons. The molecule has 3 atom stereocenters. The standard InChI is InChI=1S/C39H46F2N6O6.C2H6/c1-22(48)42-24-16-25(17-24)47-12-6-11-39(10-5-9-29(39)47)21-53-37-44-34-31(35(45-37)46-13-14-52-20-38(2,50)19-46)36(51-3)43-33(32(34)41)27-18-26(49)15-23-7-4-8-28(40)30(23)27;1-2/h4,7-8,15,18,24-25,29,49-50H,5-6,9-14,16-17,19-21H2,1-3H3,(H,42,48);1-2H3. The van der Waals surface area contributed by atoms with E-state index in [1.54, 1.807) is 24.8 Å². The molecule has 4 heterocycles. The number of phenols is 1. The van der Waals surface area contributed by atoms with Crippen LogP contribution in [0.3, 0.4) is 0 Å². The number of ether oxygens (including phenoxy) is 3. The van der Waals surface area contributed by atoms with Gasteiger partial charge >= 0.3 is 6.01 Å². The molecule has 0 radical (unpaired) electrons. The van der Waals surface area contributed by atoms with Crippen LogP contribution in [0.5, 0.6) is 17.6 Å². The minimum Gasteiger partial charge on any atom is -0.508 e. The number of amides is 1. The van der Waals surface area contributed by atoms with Crippen LogP contribution >= 0.6 is 0 Å². The zero-order chi connectivity index (χ0) is 39.1. The maximum Gasteiger partial charge on any atom is 0.319 e. The number of piperidine rings is 1. The molecule has 0 spiro atoms. The van der Waals surface area contributed by atoms with Crippen molar-refractivity contribution in [1.29, 1.82) is 0 Å². The molecule has 4 aromatic rings. The number of hydrogen-bond acceptors (Lipinski definition) is 11. The molecule has 4 fully saturated rings. The number of aromatic nitrogens is 3. The number of halogens is 2. The van der Waals surface area contributed by atoms with E-state index >= 15 is 8.78 Å². The minimum atomic E-state index is -1.24. The predicted molar refractivity (Wildman–Crippen MR) is 206 cm³/mol. The van der Waals surface area contributed by atoms with Crippen molar-refractivity contribution in [2.45, 2.75) is 96.4 Å². The topological polar surface area (TPSA) is 142 Å². The maximum atomic E-state index is 17.1. The number of nitrogens with one attached hydrogen (secondary N) is 1. The Hall–Kier alpha value is -4.40. The summed E-state index contributed by atoms with van der Waals surface area (Å²) in [4.78, 5) is 30.1. The van der Waals surface area contributed by atoms with Crippen molar-refractivity contribution < 1.29 is 38.0 Å². The van der Waals surface area contributed by atoms with Crippen molar-refractivity contribution in [3.8, 4) is 28.9 Å². The molecule has 8 rings (SSSR count). The minimum absolute atomic E-state index is 0.00108. The van der Waals surface area contributed by atoms with Crippen LogP contribution in [0.2, 0.25) is 0 Å². The van der Waals surface area contributed by atoms with Gasteiger partial charge in [0.25, 0.3) is 0 Å². The summed E-state index contributed by atoms with van der Waals surface area (Å²) in [6.45, 7) is 9.40. The van der Waals surface area contributed by atoms with Gasteiger partial charge in [0.1, 0.15) is 39.6 Å². The van der Waals surface area contributed by atoms with E-state index in [1.165, 1.54) is 31.4 Å². The number of methoxy groups -OCH3 is 1. The fourth-order valence-electron chi connectivity index (χ4n) is 9.31. The van der Waals surface area contributed by atoms with Crippen LogP contribution in [0.1, 0.15) is 72.6 Å². The lowest BCUT2D eigenvalue weighted by atomic mass is 9.73. The molecule has 2 aliphatic heterocycles. The number of likely N-dealkylation sites (tertiary alicyclic amines) is 1. The second-order valence-corrected chi connectivity index (χ2v) is 15.6. The fourth-order valence-corrected chi connectivity index (χ4v) is 9.31. The van der Waals surface area contributed by atoms with E-state index in [2.05, 4.69) is 20.2 Å². The maximum absolute atomic E-state index is 17.1. The Morgan fingerprint density at radius 3 is 2.64 bits per heavy atom. The summed E-state index contributed by atoms with van der Waals surface area (Å²) in [5, 5.41) is 25.4. The van der Waals surface area contributed by atoms with Crippen LogP contribution in [0.4, 0.5) is 14.6 Å². The summed E-state index contributed by atoms with van der Waals surface area (Å²) in [5.74, 6) is -1.39. The molecule has 1 amide bonds. The van der Waals surface area contributed by atoms with Crippen molar-refractivity contribution in [2.24, 2.45) is 5.41 Å². The number of nitrogens with zero attached hydrogens (tertiary/aromatic N) is 5. The molecule has 2 aromatic carbocycles. The monoisotopic (exact) mass is 762 g/mol.